The summed E-state index contributed by atoms with van der Waals surface area (Å²) in [4.78, 5) is 14.3. The number of carbonyl (C=O) groups excluding carboxylic acids is 1. The van der Waals surface area contributed by atoms with E-state index in [9.17, 15) is 4.79 Å². The van der Waals surface area contributed by atoms with E-state index in [4.69, 9.17) is 10.5 Å². The van der Waals surface area contributed by atoms with E-state index in [-0.39, 0.29) is 11.9 Å². The number of hydrogen-bond acceptors (Lipinski definition) is 4. The SMILES string of the molecule is Cc1ccc(OCCN)c(C(=O)N[C@H](c2cccs2)C2CCCCC2)c1. The van der Waals surface area contributed by atoms with Gasteiger partial charge in [-0.05, 0) is 49.3 Å². The lowest BCUT2D eigenvalue weighted by Gasteiger charge is -2.30. The first-order chi connectivity index (χ1) is 12.7. The molecule has 26 heavy (non-hydrogen) atoms. The van der Waals surface area contributed by atoms with Crippen LogP contribution in [0.5, 0.6) is 5.75 Å². The molecule has 0 radical (unpaired) electrons. The summed E-state index contributed by atoms with van der Waals surface area (Å²) in [5.41, 5.74) is 7.19. The summed E-state index contributed by atoms with van der Waals surface area (Å²) in [5.74, 6) is 1.04. The average molecular weight is 373 g/mol. The first kappa shape index (κ1) is 18.9. The number of carbonyl (C=O) groups is 1. The second-order valence-corrected chi connectivity index (χ2v) is 7.98. The third-order valence-corrected chi connectivity index (χ3v) is 5.97. The van der Waals surface area contributed by atoms with Crippen molar-refractivity contribution in [2.75, 3.05) is 13.2 Å². The molecule has 1 heterocycles. The van der Waals surface area contributed by atoms with Crippen molar-refractivity contribution in [3.8, 4) is 5.75 Å². The zero-order valence-electron chi connectivity index (χ0n) is 15.4. The van der Waals surface area contributed by atoms with Gasteiger partial charge in [0, 0.05) is 11.4 Å². The maximum absolute atomic E-state index is 13.1. The molecule has 3 N–H and O–H groups in total. The molecule has 2 aromatic rings. The smallest absolute Gasteiger partial charge is 0.255 e. The Kier molecular flexibility index (Phi) is 6.69. The number of ether oxygens (including phenoxy) is 1. The van der Waals surface area contributed by atoms with E-state index in [0.717, 1.165) is 5.56 Å². The Bertz CT molecular complexity index is 709. The molecule has 0 bridgehead atoms. The van der Waals surface area contributed by atoms with Crippen LogP contribution in [0.1, 0.15) is 58.9 Å². The fraction of sp³-hybridized carbons (Fsp3) is 0.476. The molecule has 5 heteroatoms. The first-order valence-electron chi connectivity index (χ1n) is 9.47. The van der Waals surface area contributed by atoms with Crippen LogP contribution in [0.2, 0.25) is 0 Å². The second kappa shape index (κ2) is 9.19. The maximum Gasteiger partial charge on any atom is 0.255 e. The Morgan fingerprint density at radius 1 is 1.31 bits per heavy atom. The van der Waals surface area contributed by atoms with Gasteiger partial charge in [-0.2, -0.15) is 0 Å². The highest BCUT2D eigenvalue weighted by Gasteiger charge is 2.28. The van der Waals surface area contributed by atoms with E-state index >= 15 is 0 Å². The minimum atomic E-state index is -0.0651. The van der Waals surface area contributed by atoms with Crippen molar-refractivity contribution in [3.05, 3.63) is 51.7 Å². The van der Waals surface area contributed by atoms with Crippen LogP contribution < -0.4 is 15.8 Å². The zero-order valence-corrected chi connectivity index (χ0v) is 16.2. The van der Waals surface area contributed by atoms with Gasteiger partial charge in [-0.15, -0.1) is 11.3 Å². The summed E-state index contributed by atoms with van der Waals surface area (Å²) < 4.78 is 5.70. The highest BCUT2D eigenvalue weighted by Crippen LogP contribution is 2.36. The van der Waals surface area contributed by atoms with Gasteiger partial charge in [0.05, 0.1) is 11.6 Å². The number of rotatable bonds is 7. The van der Waals surface area contributed by atoms with E-state index in [1.807, 2.05) is 25.1 Å². The molecule has 1 aromatic carbocycles. The van der Waals surface area contributed by atoms with Crippen LogP contribution >= 0.6 is 11.3 Å². The Morgan fingerprint density at radius 2 is 2.12 bits per heavy atom. The first-order valence-corrected chi connectivity index (χ1v) is 10.3. The van der Waals surface area contributed by atoms with Gasteiger partial charge < -0.3 is 15.8 Å². The highest BCUT2D eigenvalue weighted by molar-refractivity contribution is 7.10. The molecule has 1 atom stereocenters. The molecule has 3 rings (SSSR count). The summed E-state index contributed by atoms with van der Waals surface area (Å²) in [5, 5.41) is 5.39. The van der Waals surface area contributed by atoms with Crippen molar-refractivity contribution >= 4 is 17.2 Å². The van der Waals surface area contributed by atoms with Crippen LogP contribution in [-0.2, 0) is 0 Å². The molecular weight excluding hydrogens is 344 g/mol. The molecule has 0 aliphatic heterocycles. The minimum Gasteiger partial charge on any atom is -0.491 e. The number of aryl methyl sites for hydroxylation is 1. The number of hydrogen-bond donors (Lipinski definition) is 2. The van der Waals surface area contributed by atoms with Gasteiger partial charge in [-0.3, -0.25) is 4.79 Å². The van der Waals surface area contributed by atoms with Crippen LogP contribution in [0.15, 0.2) is 35.7 Å². The fourth-order valence-electron chi connectivity index (χ4n) is 3.69. The fourth-order valence-corrected chi connectivity index (χ4v) is 4.56. The van der Waals surface area contributed by atoms with Crippen LogP contribution in [0.4, 0.5) is 0 Å². The highest BCUT2D eigenvalue weighted by atomic mass is 32.1. The quantitative estimate of drug-likeness (QED) is 0.755. The predicted octanol–water partition coefficient (Wildman–Crippen LogP) is 4.45. The van der Waals surface area contributed by atoms with E-state index in [1.165, 1.54) is 37.0 Å². The van der Waals surface area contributed by atoms with Crippen molar-refractivity contribution in [3.63, 3.8) is 0 Å². The Labute approximate surface area is 159 Å². The zero-order chi connectivity index (χ0) is 18.4. The number of nitrogens with two attached hydrogens (primary N) is 1. The van der Waals surface area contributed by atoms with Crippen molar-refractivity contribution in [2.45, 2.75) is 45.1 Å². The summed E-state index contributed by atoms with van der Waals surface area (Å²) in [6.07, 6.45) is 6.15. The van der Waals surface area contributed by atoms with Crippen LogP contribution in [0.25, 0.3) is 0 Å². The molecule has 1 amide bonds. The van der Waals surface area contributed by atoms with E-state index < -0.39 is 0 Å². The minimum absolute atomic E-state index is 0.0651. The molecule has 0 spiro atoms. The number of nitrogens with one attached hydrogen (secondary N) is 1. The lowest BCUT2D eigenvalue weighted by molar-refractivity contribution is 0.0909. The molecule has 1 fully saturated rings. The van der Waals surface area contributed by atoms with E-state index in [0.29, 0.717) is 30.4 Å². The third kappa shape index (κ3) is 4.65. The van der Waals surface area contributed by atoms with Gasteiger partial charge in [0.15, 0.2) is 0 Å². The molecule has 0 unspecified atom stereocenters. The molecule has 1 saturated carbocycles. The van der Waals surface area contributed by atoms with Crippen LogP contribution in [0, 0.1) is 12.8 Å². The van der Waals surface area contributed by atoms with Crippen molar-refractivity contribution in [1.29, 1.82) is 0 Å². The average Bonchev–Trinajstić information content (AvgIpc) is 3.20. The van der Waals surface area contributed by atoms with Gasteiger partial charge in [0.1, 0.15) is 12.4 Å². The van der Waals surface area contributed by atoms with Crippen molar-refractivity contribution < 1.29 is 9.53 Å². The lowest BCUT2D eigenvalue weighted by atomic mass is 9.83. The Hall–Kier alpha value is -1.85. The van der Waals surface area contributed by atoms with Gasteiger partial charge in [-0.25, -0.2) is 0 Å². The lowest BCUT2D eigenvalue weighted by Crippen LogP contribution is -2.34. The van der Waals surface area contributed by atoms with E-state index in [2.05, 4.69) is 22.8 Å². The molecule has 140 valence electrons. The second-order valence-electron chi connectivity index (χ2n) is 7.00. The Morgan fingerprint density at radius 3 is 2.81 bits per heavy atom. The molecule has 4 nitrogen and oxygen atoms in total. The van der Waals surface area contributed by atoms with Gasteiger partial charge in [-0.1, -0.05) is 37.0 Å². The molecule has 1 aliphatic carbocycles. The molecular formula is C21H28N2O2S. The normalized spacial score (nSPS) is 16.2. The summed E-state index contributed by atoms with van der Waals surface area (Å²) in [7, 11) is 0. The maximum atomic E-state index is 13.1. The largest absolute Gasteiger partial charge is 0.491 e. The number of amides is 1. The topological polar surface area (TPSA) is 64.3 Å². The van der Waals surface area contributed by atoms with Crippen LogP contribution in [-0.4, -0.2) is 19.1 Å². The number of benzene rings is 1. The van der Waals surface area contributed by atoms with Crippen molar-refractivity contribution in [1.82, 2.24) is 5.32 Å². The van der Waals surface area contributed by atoms with Gasteiger partial charge in [0.2, 0.25) is 0 Å². The van der Waals surface area contributed by atoms with E-state index in [1.54, 1.807) is 11.3 Å². The number of thiophene rings is 1. The molecule has 1 aromatic heterocycles. The van der Waals surface area contributed by atoms with Gasteiger partial charge >= 0.3 is 0 Å². The summed E-state index contributed by atoms with van der Waals surface area (Å²) in [6.45, 7) is 2.82. The molecule has 1 aliphatic rings. The molecule has 0 saturated heterocycles. The third-order valence-electron chi connectivity index (χ3n) is 5.01. The van der Waals surface area contributed by atoms with Crippen LogP contribution in [0.3, 0.4) is 0 Å². The summed E-state index contributed by atoms with van der Waals surface area (Å²) >= 11 is 1.72. The Balaban J connectivity index is 1.82. The van der Waals surface area contributed by atoms with Gasteiger partial charge in [0.25, 0.3) is 5.91 Å². The summed E-state index contributed by atoms with van der Waals surface area (Å²) in [6, 6.07) is 9.98. The van der Waals surface area contributed by atoms with Crippen molar-refractivity contribution in [2.24, 2.45) is 11.7 Å². The predicted molar refractivity (Wildman–Crippen MR) is 107 cm³/mol. The standard InChI is InChI=1S/C21H28N2O2S/c1-15-9-10-18(25-12-11-22)17(14-15)21(24)23-20(19-8-5-13-26-19)16-6-3-2-4-7-16/h5,8-10,13-14,16,20H,2-4,6-7,11-12,22H2,1H3,(H,23,24)/t20-/m0/s1. The monoisotopic (exact) mass is 372 g/mol.